The summed E-state index contributed by atoms with van der Waals surface area (Å²) in [4.78, 5) is 2.32. The molecule has 0 aliphatic carbocycles. The second-order valence-corrected chi connectivity index (χ2v) is 7.46. The molecule has 0 saturated carbocycles. The Kier molecular flexibility index (Phi) is 3.59. The molecule has 0 amide bonds. The highest BCUT2D eigenvalue weighted by Crippen LogP contribution is 2.42. The Labute approximate surface area is 140 Å². The van der Waals surface area contributed by atoms with Crippen LogP contribution in [0.3, 0.4) is 0 Å². The highest BCUT2D eigenvalue weighted by atomic mass is 15.4. The minimum Gasteiger partial charge on any atom is -0.329 e. The van der Waals surface area contributed by atoms with E-state index in [1.165, 1.54) is 22.5 Å². The largest absolute Gasteiger partial charge is 0.329 e. The van der Waals surface area contributed by atoms with Crippen molar-refractivity contribution < 1.29 is 4.58 Å². The van der Waals surface area contributed by atoms with Gasteiger partial charge in [0, 0.05) is 11.4 Å². The van der Waals surface area contributed by atoms with Crippen molar-refractivity contribution >= 4 is 17.7 Å². The lowest BCUT2D eigenvalue weighted by atomic mass is 9.81. The highest BCUT2D eigenvalue weighted by molar-refractivity contribution is 5.84. The monoisotopic (exact) mass is 306 g/mol. The van der Waals surface area contributed by atoms with Crippen LogP contribution in [-0.4, -0.2) is 22.0 Å². The molecule has 23 heavy (non-hydrogen) atoms. The molecule has 2 aromatic rings. The van der Waals surface area contributed by atoms with Crippen molar-refractivity contribution in [1.29, 1.82) is 0 Å². The SMILES string of the molecule is Cc1cccc(C)c1N1[C-]=[N+](c2ccccc2)C(C)(C)C1(C)C. The predicted octanol–water partition coefficient (Wildman–Crippen LogP) is 4.93. The van der Waals surface area contributed by atoms with Crippen LogP contribution in [-0.2, 0) is 0 Å². The van der Waals surface area contributed by atoms with Gasteiger partial charge < -0.3 is 9.48 Å². The molecule has 2 aromatic carbocycles. The Hall–Kier alpha value is -2.09. The summed E-state index contributed by atoms with van der Waals surface area (Å²) in [5, 5.41) is 0. The van der Waals surface area contributed by atoms with Gasteiger partial charge in [-0.15, -0.1) is 0 Å². The third kappa shape index (κ3) is 2.28. The summed E-state index contributed by atoms with van der Waals surface area (Å²) < 4.78 is 2.28. The fourth-order valence-corrected chi connectivity index (χ4v) is 3.34. The lowest BCUT2D eigenvalue weighted by Crippen LogP contribution is -2.54. The van der Waals surface area contributed by atoms with Crippen molar-refractivity contribution in [3.63, 3.8) is 0 Å². The maximum atomic E-state index is 3.65. The molecule has 3 rings (SSSR count). The summed E-state index contributed by atoms with van der Waals surface area (Å²) in [5.74, 6) is 0. The van der Waals surface area contributed by atoms with Gasteiger partial charge in [0.05, 0.1) is 0 Å². The van der Waals surface area contributed by atoms with Crippen LogP contribution in [0.2, 0.25) is 0 Å². The molecule has 0 aromatic heterocycles. The van der Waals surface area contributed by atoms with E-state index in [0.29, 0.717) is 0 Å². The molecule has 1 aliphatic rings. The van der Waals surface area contributed by atoms with Gasteiger partial charge in [-0.3, -0.25) is 0 Å². The summed E-state index contributed by atoms with van der Waals surface area (Å²) in [5.41, 5.74) is 4.86. The number of para-hydroxylation sites is 2. The second kappa shape index (κ2) is 5.23. The van der Waals surface area contributed by atoms with Crippen LogP contribution in [0.15, 0.2) is 48.5 Å². The minimum absolute atomic E-state index is 0.0803. The van der Waals surface area contributed by atoms with E-state index in [-0.39, 0.29) is 11.1 Å². The first-order chi connectivity index (χ1) is 10.8. The summed E-state index contributed by atoms with van der Waals surface area (Å²) >= 11 is 0. The van der Waals surface area contributed by atoms with E-state index in [1.807, 2.05) is 0 Å². The summed E-state index contributed by atoms with van der Waals surface area (Å²) in [7, 11) is 0. The summed E-state index contributed by atoms with van der Waals surface area (Å²) in [6, 6.07) is 17.0. The molecule has 0 unspecified atom stereocenters. The lowest BCUT2D eigenvalue weighted by molar-refractivity contribution is -0.520. The normalized spacial score (nSPS) is 18.9. The van der Waals surface area contributed by atoms with E-state index in [1.54, 1.807) is 0 Å². The fourth-order valence-electron chi connectivity index (χ4n) is 3.34. The molecule has 2 nitrogen and oxygen atoms in total. The Morgan fingerprint density at radius 3 is 1.96 bits per heavy atom. The summed E-state index contributed by atoms with van der Waals surface area (Å²) in [6.07, 6.45) is 3.65. The van der Waals surface area contributed by atoms with E-state index >= 15 is 0 Å². The van der Waals surface area contributed by atoms with Crippen LogP contribution in [0.25, 0.3) is 0 Å². The molecule has 120 valence electrons. The molecule has 0 N–H and O–H groups in total. The van der Waals surface area contributed by atoms with Gasteiger partial charge in [-0.1, -0.05) is 59.7 Å². The third-order valence-corrected chi connectivity index (χ3v) is 5.49. The molecule has 0 fully saturated rings. The number of benzene rings is 2. The number of hydrogen-bond acceptors (Lipinski definition) is 1. The molecule has 2 heteroatoms. The minimum atomic E-state index is -0.0836. The first kappa shape index (κ1) is 15.8. The van der Waals surface area contributed by atoms with Crippen LogP contribution in [0.1, 0.15) is 38.8 Å². The molecular formula is C21H26N2. The van der Waals surface area contributed by atoms with Crippen molar-refractivity contribution in [2.24, 2.45) is 0 Å². The van der Waals surface area contributed by atoms with Crippen molar-refractivity contribution in [2.45, 2.75) is 52.6 Å². The molecule has 1 heterocycles. The van der Waals surface area contributed by atoms with E-state index in [4.69, 9.17) is 0 Å². The standard InChI is InChI=1S/C21H26N2/c1-16-11-10-12-17(2)19(16)23-15-22(18-13-8-7-9-14-18)20(3,4)21(23,5)6/h7-14H,1-6H3. The van der Waals surface area contributed by atoms with Gasteiger partial charge in [0.25, 0.3) is 0 Å². The average Bonchev–Trinajstić information content (AvgIpc) is 2.67. The zero-order valence-corrected chi connectivity index (χ0v) is 15.0. The van der Waals surface area contributed by atoms with Gasteiger partial charge >= 0.3 is 0 Å². The molecule has 0 saturated heterocycles. The van der Waals surface area contributed by atoms with E-state index < -0.39 is 0 Å². The Morgan fingerprint density at radius 1 is 0.826 bits per heavy atom. The molecule has 0 radical (unpaired) electrons. The molecular weight excluding hydrogens is 280 g/mol. The summed E-state index contributed by atoms with van der Waals surface area (Å²) in [6.45, 7) is 13.5. The zero-order chi connectivity index (χ0) is 16.8. The van der Waals surface area contributed by atoms with Crippen LogP contribution in [0.4, 0.5) is 11.4 Å². The van der Waals surface area contributed by atoms with Crippen molar-refractivity contribution in [3.05, 3.63) is 59.7 Å². The average molecular weight is 306 g/mol. The number of rotatable bonds is 2. The van der Waals surface area contributed by atoms with Crippen LogP contribution < -0.4 is 4.90 Å². The second-order valence-electron chi connectivity index (χ2n) is 7.46. The number of hydrogen-bond donors (Lipinski definition) is 0. The number of nitrogens with zero attached hydrogens (tertiary/aromatic N) is 2. The van der Waals surface area contributed by atoms with Crippen molar-refractivity contribution in [1.82, 2.24) is 0 Å². The molecule has 0 bridgehead atoms. The fraction of sp³-hybridized carbons (Fsp3) is 0.381. The van der Waals surface area contributed by atoms with Gasteiger partial charge in [-0.05, 0) is 41.5 Å². The molecule has 0 atom stereocenters. The number of anilines is 1. The zero-order valence-electron chi connectivity index (χ0n) is 15.0. The van der Waals surface area contributed by atoms with E-state index in [0.717, 1.165) is 0 Å². The molecule has 0 spiro atoms. The van der Waals surface area contributed by atoms with Crippen LogP contribution in [0.5, 0.6) is 0 Å². The Morgan fingerprint density at radius 2 is 1.39 bits per heavy atom. The topological polar surface area (TPSA) is 6.25 Å². The van der Waals surface area contributed by atoms with Gasteiger partial charge in [-0.25, -0.2) is 0 Å². The van der Waals surface area contributed by atoms with Gasteiger partial charge in [0.2, 0.25) is 6.34 Å². The first-order valence-electron chi connectivity index (χ1n) is 8.25. The lowest BCUT2D eigenvalue weighted by Gasteiger charge is -2.41. The Bertz CT molecular complexity index is 734. The quantitative estimate of drug-likeness (QED) is 0.563. The maximum absolute atomic E-state index is 3.65. The Balaban J connectivity index is 2.20. The van der Waals surface area contributed by atoms with Crippen LogP contribution in [0, 0.1) is 13.8 Å². The first-order valence-corrected chi connectivity index (χ1v) is 8.25. The smallest absolute Gasteiger partial charge is 0.207 e. The van der Waals surface area contributed by atoms with Gasteiger partial charge in [0.1, 0.15) is 11.1 Å². The molecule has 1 aliphatic heterocycles. The highest BCUT2D eigenvalue weighted by Gasteiger charge is 2.52. The maximum Gasteiger partial charge on any atom is 0.207 e. The van der Waals surface area contributed by atoms with E-state index in [2.05, 4.69) is 106 Å². The van der Waals surface area contributed by atoms with Crippen LogP contribution >= 0.6 is 0 Å². The van der Waals surface area contributed by atoms with Crippen molar-refractivity contribution in [3.8, 4) is 0 Å². The van der Waals surface area contributed by atoms with Gasteiger partial charge in [0.15, 0.2) is 0 Å². The van der Waals surface area contributed by atoms with Gasteiger partial charge in [-0.2, -0.15) is 0 Å². The predicted molar refractivity (Wildman–Crippen MR) is 97.9 cm³/mol. The van der Waals surface area contributed by atoms with E-state index in [9.17, 15) is 0 Å². The number of aryl methyl sites for hydroxylation is 2. The third-order valence-electron chi connectivity index (χ3n) is 5.49. The van der Waals surface area contributed by atoms with Crippen molar-refractivity contribution in [2.75, 3.05) is 4.90 Å².